The van der Waals surface area contributed by atoms with Gasteiger partial charge in [0.2, 0.25) is 0 Å². The van der Waals surface area contributed by atoms with Gasteiger partial charge < -0.3 is 20.0 Å². The second-order valence-electron chi connectivity index (χ2n) is 7.48. The molecule has 2 aliphatic heterocycles. The van der Waals surface area contributed by atoms with Crippen LogP contribution in [0.15, 0.2) is 30.3 Å². The van der Waals surface area contributed by atoms with Crippen molar-refractivity contribution in [2.24, 2.45) is 0 Å². The summed E-state index contributed by atoms with van der Waals surface area (Å²) in [5.41, 5.74) is 1.34. The van der Waals surface area contributed by atoms with Crippen molar-refractivity contribution in [3.05, 3.63) is 35.9 Å². The van der Waals surface area contributed by atoms with Crippen LogP contribution in [0, 0.1) is 0 Å². The van der Waals surface area contributed by atoms with E-state index in [2.05, 4.69) is 57.4 Å². The van der Waals surface area contributed by atoms with Gasteiger partial charge in [0.1, 0.15) is 0 Å². The Labute approximate surface area is 157 Å². The van der Waals surface area contributed by atoms with Gasteiger partial charge in [-0.05, 0) is 25.6 Å². The molecule has 6 heteroatoms. The van der Waals surface area contributed by atoms with Crippen LogP contribution < -0.4 is 5.32 Å². The molecule has 3 rings (SSSR count). The molecule has 0 bridgehead atoms. The SMILES string of the molecule is CN1CCN(CCCNC(=O)N2CCN(Cc3ccccc3)CC2)CC1. The smallest absolute Gasteiger partial charge is 0.317 e. The number of piperazine rings is 2. The lowest BCUT2D eigenvalue weighted by Gasteiger charge is -2.35. The number of urea groups is 1. The fourth-order valence-corrected chi connectivity index (χ4v) is 3.63. The Kier molecular flexibility index (Phi) is 7.29. The average Bonchev–Trinajstić information content (AvgIpc) is 2.68. The summed E-state index contributed by atoms with van der Waals surface area (Å²) in [5.74, 6) is 0. The van der Waals surface area contributed by atoms with E-state index in [1.807, 2.05) is 4.90 Å². The number of likely N-dealkylation sites (N-methyl/N-ethyl adjacent to an activating group) is 1. The molecular weight excluding hydrogens is 326 g/mol. The zero-order valence-electron chi connectivity index (χ0n) is 16.1. The van der Waals surface area contributed by atoms with Crippen LogP contribution in [0.2, 0.25) is 0 Å². The van der Waals surface area contributed by atoms with E-state index in [1.165, 1.54) is 5.56 Å². The first-order chi connectivity index (χ1) is 12.7. The van der Waals surface area contributed by atoms with Crippen molar-refractivity contribution in [2.45, 2.75) is 13.0 Å². The third-order valence-corrected chi connectivity index (χ3v) is 5.43. The topological polar surface area (TPSA) is 42.1 Å². The van der Waals surface area contributed by atoms with Crippen LogP contribution in [0.1, 0.15) is 12.0 Å². The number of nitrogens with one attached hydrogen (secondary N) is 1. The lowest BCUT2D eigenvalue weighted by molar-refractivity contribution is 0.134. The van der Waals surface area contributed by atoms with Crippen LogP contribution in [0.3, 0.4) is 0 Å². The minimum absolute atomic E-state index is 0.0998. The number of benzene rings is 1. The standard InChI is InChI=1S/C20H33N5O/c1-22-10-12-23(13-11-22)9-5-8-21-20(26)25-16-14-24(15-17-25)18-19-6-3-2-4-7-19/h2-4,6-7H,5,8-18H2,1H3,(H,21,26). The summed E-state index contributed by atoms with van der Waals surface area (Å²) in [4.78, 5) is 21.6. The maximum atomic E-state index is 12.3. The predicted molar refractivity (Wildman–Crippen MR) is 105 cm³/mol. The number of carbonyl (C=O) groups is 1. The van der Waals surface area contributed by atoms with E-state index >= 15 is 0 Å². The monoisotopic (exact) mass is 359 g/mol. The number of carbonyl (C=O) groups excluding carboxylic acids is 1. The first-order valence-corrected chi connectivity index (χ1v) is 9.91. The summed E-state index contributed by atoms with van der Waals surface area (Å²) < 4.78 is 0. The molecule has 26 heavy (non-hydrogen) atoms. The summed E-state index contributed by atoms with van der Waals surface area (Å²) in [5, 5.41) is 3.10. The molecule has 0 saturated carbocycles. The van der Waals surface area contributed by atoms with E-state index in [1.54, 1.807) is 0 Å². The second kappa shape index (κ2) is 9.90. The van der Waals surface area contributed by atoms with Crippen molar-refractivity contribution in [3.63, 3.8) is 0 Å². The fraction of sp³-hybridized carbons (Fsp3) is 0.650. The second-order valence-corrected chi connectivity index (χ2v) is 7.48. The van der Waals surface area contributed by atoms with Crippen LogP contribution in [-0.2, 0) is 6.54 Å². The molecular formula is C20H33N5O. The molecule has 0 aromatic heterocycles. The highest BCUT2D eigenvalue weighted by Crippen LogP contribution is 2.08. The zero-order valence-corrected chi connectivity index (χ0v) is 16.1. The van der Waals surface area contributed by atoms with Crippen molar-refractivity contribution in [3.8, 4) is 0 Å². The van der Waals surface area contributed by atoms with Crippen molar-refractivity contribution >= 4 is 6.03 Å². The molecule has 0 spiro atoms. The zero-order chi connectivity index (χ0) is 18.2. The Morgan fingerprint density at radius 3 is 2.27 bits per heavy atom. The number of nitrogens with zero attached hydrogens (tertiary/aromatic N) is 4. The van der Waals surface area contributed by atoms with Gasteiger partial charge in [0, 0.05) is 65.4 Å². The van der Waals surface area contributed by atoms with E-state index in [-0.39, 0.29) is 6.03 Å². The molecule has 1 aromatic carbocycles. The van der Waals surface area contributed by atoms with Gasteiger partial charge in [-0.15, -0.1) is 0 Å². The maximum Gasteiger partial charge on any atom is 0.317 e. The molecule has 0 unspecified atom stereocenters. The highest BCUT2D eigenvalue weighted by atomic mass is 16.2. The number of rotatable bonds is 6. The number of hydrogen-bond donors (Lipinski definition) is 1. The first-order valence-electron chi connectivity index (χ1n) is 9.91. The lowest BCUT2D eigenvalue weighted by atomic mass is 10.2. The van der Waals surface area contributed by atoms with E-state index < -0.39 is 0 Å². The Hall–Kier alpha value is -1.63. The summed E-state index contributed by atoms with van der Waals surface area (Å²) in [6.07, 6.45) is 1.03. The Bertz CT molecular complexity index is 536. The normalized spacial score (nSPS) is 20.3. The van der Waals surface area contributed by atoms with E-state index in [9.17, 15) is 4.79 Å². The van der Waals surface area contributed by atoms with Gasteiger partial charge in [-0.25, -0.2) is 4.79 Å². The molecule has 1 aromatic rings. The Morgan fingerprint density at radius 1 is 0.923 bits per heavy atom. The predicted octanol–water partition coefficient (Wildman–Crippen LogP) is 1.15. The van der Waals surface area contributed by atoms with Crippen LogP contribution in [0.4, 0.5) is 4.79 Å². The molecule has 2 saturated heterocycles. The van der Waals surface area contributed by atoms with Crippen LogP contribution in [0.5, 0.6) is 0 Å². The molecule has 2 fully saturated rings. The van der Waals surface area contributed by atoms with Gasteiger partial charge in [-0.1, -0.05) is 30.3 Å². The lowest BCUT2D eigenvalue weighted by Crippen LogP contribution is -2.51. The van der Waals surface area contributed by atoms with Crippen LogP contribution in [0.25, 0.3) is 0 Å². The molecule has 2 aliphatic rings. The first kappa shape index (κ1) is 19.1. The van der Waals surface area contributed by atoms with E-state index in [0.29, 0.717) is 0 Å². The Balaban J connectivity index is 1.27. The van der Waals surface area contributed by atoms with Crippen molar-refractivity contribution in [1.82, 2.24) is 24.9 Å². The van der Waals surface area contributed by atoms with Crippen LogP contribution in [-0.4, -0.2) is 98.1 Å². The van der Waals surface area contributed by atoms with Gasteiger partial charge in [0.05, 0.1) is 0 Å². The minimum Gasteiger partial charge on any atom is -0.338 e. The van der Waals surface area contributed by atoms with Crippen molar-refractivity contribution < 1.29 is 4.79 Å². The molecule has 144 valence electrons. The fourth-order valence-electron chi connectivity index (χ4n) is 3.63. The van der Waals surface area contributed by atoms with Gasteiger partial charge in [-0.3, -0.25) is 4.90 Å². The Morgan fingerprint density at radius 2 is 1.58 bits per heavy atom. The van der Waals surface area contributed by atoms with E-state index in [4.69, 9.17) is 0 Å². The molecule has 0 atom stereocenters. The van der Waals surface area contributed by atoms with Gasteiger partial charge in [-0.2, -0.15) is 0 Å². The summed E-state index contributed by atoms with van der Waals surface area (Å²) in [6.45, 7) is 11.0. The highest BCUT2D eigenvalue weighted by Gasteiger charge is 2.21. The molecule has 0 aliphatic carbocycles. The molecule has 0 radical (unpaired) electrons. The maximum absolute atomic E-state index is 12.3. The third-order valence-electron chi connectivity index (χ3n) is 5.43. The van der Waals surface area contributed by atoms with Gasteiger partial charge in [0.15, 0.2) is 0 Å². The third kappa shape index (κ3) is 5.97. The van der Waals surface area contributed by atoms with Crippen molar-refractivity contribution in [2.75, 3.05) is 72.5 Å². The molecule has 1 N–H and O–H groups in total. The molecule has 6 nitrogen and oxygen atoms in total. The number of amides is 2. The van der Waals surface area contributed by atoms with Gasteiger partial charge >= 0.3 is 6.03 Å². The number of hydrogen-bond acceptors (Lipinski definition) is 4. The minimum atomic E-state index is 0.0998. The summed E-state index contributed by atoms with van der Waals surface area (Å²) in [7, 11) is 2.18. The molecule has 2 amide bonds. The molecule has 2 heterocycles. The summed E-state index contributed by atoms with van der Waals surface area (Å²) in [6, 6.07) is 10.7. The van der Waals surface area contributed by atoms with Gasteiger partial charge in [0.25, 0.3) is 0 Å². The van der Waals surface area contributed by atoms with E-state index in [0.717, 1.165) is 78.4 Å². The quantitative estimate of drug-likeness (QED) is 0.774. The summed E-state index contributed by atoms with van der Waals surface area (Å²) >= 11 is 0. The highest BCUT2D eigenvalue weighted by molar-refractivity contribution is 5.74. The van der Waals surface area contributed by atoms with Crippen LogP contribution >= 0.6 is 0 Å². The largest absolute Gasteiger partial charge is 0.338 e. The average molecular weight is 360 g/mol. The van der Waals surface area contributed by atoms with Crippen molar-refractivity contribution in [1.29, 1.82) is 0 Å².